The van der Waals surface area contributed by atoms with Crippen LogP contribution in [0.3, 0.4) is 0 Å². The average Bonchev–Trinajstić information content (AvgIpc) is 3.68. The molecule has 2 aromatic rings. The standard InChI is InChI=1S/C48H79N9O10/c1-12-63-41(59)33-56(44(61)65-47(6,7)8)29-23-40(58)54-27-21-35(22-28-54)51-39-30-34(2)50-42(52-39)49-32-36-31-38(67-53-36)20-16-24-55(43(60)64-46(3,4)5)25-17-26-57(37-18-14-13-15-19-37)45(62)66-48(9,10)11/h30-31,35,37H,12-29,32-33H2,1-11H3,(H2,49,50,51,52). The summed E-state index contributed by atoms with van der Waals surface area (Å²) in [6.07, 6.45) is 7.10. The van der Waals surface area contributed by atoms with Crippen LogP contribution in [0.1, 0.15) is 151 Å². The number of carbonyl (C=O) groups excluding carboxylic acids is 5. The lowest BCUT2D eigenvalue weighted by atomic mass is 9.94. The van der Waals surface area contributed by atoms with Crippen molar-refractivity contribution in [3.05, 3.63) is 29.3 Å². The number of hydrogen-bond acceptors (Lipinski definition) is 15. The normalized spacial score (nSPS) is 15.1. The summed E-state index contributed by atoms with van der Waals surface area (Å²) in [4.78, 5) is 80.6. The fourth-order valence-corrected chi connectivity index (χ4v) is 7.88. The highest BCUT2D eigenvalue weighted by atomic mass is 16.6. The largest absolute Gasteiger partial charge is 0.465 e. The van der Waals surface area contributed by atoms with Crippen LogP contribution in [0.25, 0.3) is 0 Å². The lowest BCUT2D eigenvalue weighted by molar-refractivity contribution is -0.145. The van der Waals surface area contributed by atoms with Crippen LogP contribution in [0, 0.1) is 6.92 Å². The van der Waals surface area contributed by atoms with Crippen LogP contribution < -0.4 is 10.6 Å². The lowest BCUT2D eigenvalue weighted by Gasteiger charge is -2.36. The number of aryl methyl sites for hydroxylation is 2. The summed E-state index contributed by atoms with van der Waals surface area (Å²) in [6, 6.07) is 3.97. The fraction of sp³-hybridized carbons (Fsp3) is 0.750. The van der Waals surface area contributed by atoms with Crippen LogP contribution >= 0.6 is 0 Å². The van der Waals surface area contributed by atoms with E-state index in [0.717, 1.165) is 31.4 Å². The monoisotopic (exact) mass is 942 g/mol. The molecule has 0 spiro atoms. The van der Waals surface area contributed by atoms with E-state index in [4.69, 9.17) is 28.5 Å². The van der Waals surface area contributed by atoms with Gasteiger partial charge in [0.05, 0.1) is 13.2 Å². The molecule has 4 amide bonds. The van der Waals surface area contributed by atoms with Gasteiger partial charge >= 0.3 is 24.2 Å². The number of ether oxygens (including phenoxy) is 4. The van der Waals surface area contributed by atoms with Gasteiger partial charge in [0.2, 0.25) is 11.9 Å². The minimum absolute atomic E-state index is 0.0331. The van der Waals surface area contributed by atoms with Crippen molar-refractivity contribution >= 4 is 41.9 Å². The maximum atomic E-state index is 13.3. The Labute approximate surface area is 397 Å². The van der Waals surface area contributed by atoms with E-state index in [-0.39, 0.29) is 50.2 Å². The number of carbonyl (C=O) groups is 5. The topological polar surface area (TPSA) is 211 Å². The Hall–Kier alpha value is -5.36. The predicted octanol–water partition coefficient (Wildman–Crippen LogP) is 8.11. The van der Waals surface area contributed by atoms with Crippen LogP contribution in [0.15, 0.2) is 16.7 Å². The van der Waals surface area contributed by atoms with Crippen molar-refractivity contribution in [2.75, 3.05) is 63.1 Å². The number of nitrogens with zero attached hydrogens (tertiary/aromatic N) is 7. The highest BCUT2D eigenvalue weighted by Crippen LogP contribution is 2.25. The number of hydrogen-bond donors (Lipinski definition) is 2. The Bertz CT molecular complexity index is 1910. The molecule has 4 rings (SSSR count). The number of aromatic nitrogens is 3. The fourth-order valence-electron chi connectivity index (χ4n) is 7.88. The summed E-state index contributed by atoms with van der Waals surface area (Å²) >= 11 is 0. The zero-order chi connectivity index (χ0) is 49.4. The van der Waals surface area contributed by atoms with Crippen LogP contribution in [0.4, 0.5) is 26.1 Å². The molecule has 19 nitrogen and oxygen atoms in total. The summed E-state index contributed by atoms with van der Waals surface area (Å²) in [5.41, 5.74) is -0.560. The Morgan fingerprint density at radius 3 is 2.00 bits per heavy atom. The van der Waals surface area contributed by atoms with Gasteiger partial charge in [-0.15, -0.1) is 0 Å². The molecule has 67 heavy (non-hydrogen) atoms. The molecule has 2 N–H and O–H groups in total. The van der Waals surface area contributed by atoms with Gasteiger partial charge in [-0.1, -0.05) is 24.4 Å². The third-order valence-corrected chi connectivity index (χ3v) is 10.9. The Balaban J connectivity index is 1.25. The van der Waals surface area contributed by atoms with Gasteiger partial charge in [0.1, 0.15) is 40.6 Å². The van der Waals surface area contributed by atoms with Gasteiger partial charge in [-0.25, -0.2) is 19.4 Å². The molecular weight excluding hydrogens is 863 g/mol. The molecule has 2 fully saturated rings. The summed E-state index contributed by atoms with van der Waals surface area (Å²) in [6.45, 7) is 22.7. The highest BCUT2D eigenvalue weighted by molar-refractivity contribution is 5.80. The third-order valence-electron chi connectivity index (χ3n) is 10.9. The number of likely N-dealkylation sites (tertiary alicyclic amines) is 1. The summed E-state index contributed by atoms with van der Waals surface area (Å²) in [7, 11) is 0. The van der Waals surface area contributed by atoms with Crippen molar-refractivity contribution in [2.24, 2.45) is 0 Å². The number of esters is 1. The molecule has 1 saturated heterocycles. The van der Waals surface area contributed by atoms with E-state index >= 15 is 0 Å². The first-order valence-electron chi connectivity index (χ1n) is 24.2. The second-order valence-electron chi connectivity index (χ2n) is 20.5. The zero-order valence-corrected chi connectivity index (χ0v) is 42.2. The molecule has 0 bridgehead atoms. The highest BCUT2D eigenvalue weighted by Gasteiger charge is 2.31. The molecule has 0 atom stereocenters. The number of nitrogens with one attached hydrogen (secondary N) is 2. The van der Waals surface area contributed by atoms with Gasteiger partial charge in [-0.05, 0) is 115 Å². The molecule has 1 saturated carbocycles. The summed E-state index contributed by atoms with van der Waals surface area (Å²) in [5, 5.41) is 11.0. The van der Waals surface area contributed by atoms with E-state index < -0.39 is 35.0 Å². The van der Waals surface area contributed by atoms with Crippen molar-refractivity contribution in [2.45, 2.75) is 182 Å². The maximum Gasteiger partial charge on any atom is 0.410 e. The molecule has 0 aromatic carbocycles. The molecule has 2 aromatic heterocycles. The second kappa shape index (κ2) is 25.1. The van der Waals surface area contributed by atoms with Crippen LogP contribution in [-0.2, 0) is 41.5 Å². The Morgan fingerprint density at radius 2 is 1.37 bits per heavy atom. The van der Waals surface area contributed by atoms with Crippen molar-refractivity contribution in [3.8, 4) is 0 Å². The van der Waals surface area contributed by atoms with E-state index in [9.17, 15) is 24.0 Å². The van der Waals surface area contributed by atoms with Crippen molar-refractivity contribution in [1.29, 1.82) is 0 Å². The van der Waals surface area contributed by atoms with Gasteiger partial charge in [0.25, 0.3) is 0 Å². The number of piperidine rings is 1. The third kappa shape index (κ3) is 20.2. The first-order valence-corrected chi connectivity index (χ1v) is 24.2. The minimum Gasteiger partial charge on any atom is -0.465 e. The average molecular weight is 942 g/mol. The summed E-state index contributed by atoms with van der Waals surface area (Å²) in [5.74, 6) is 1.11. The number of rotatable bonds is 20. The van der Waals surface area contributed by atoms with Crippen LogP contribution in [0.2, 0.25) is 0 Å². The van der Waals surface area contributed by atoms with Crippen molar-refractivity contribution < 1.29 is 47.4 Å². The maximum absolute atomic E-state index is 13.3. The molecule has 1 aliphatic heterocycles. The second-order valence-corrected chi connectivity index (χ2v) is 20.5. The van der Waals surface area contributed by atoms with Gasteiger partial charge in [-0.2, -0.15) is 4.98 Å². The molecule has 376 valence electrons. The van der Waals surface area contributed by atoms with Gasteiger partial charge < -0.3 is 48.8 Å². The molecule has 3 heterocycles. The van der Waals surface area contributed by atoms with Gasteiger partial charge in [0.15, 0.2) is 0 Å². The van der Waals surface area contributed by atoms with Crippen molar-refractivity contribution in [3.63, 3.8) is 0 Å². The van der Waals surface area contributed by atoms with E-state index in [1.165, 1.54) is 11.3 Å². The SMILES string of the molecule is CCOC(=O)CN(CCC(=O)N1CCC(Nc2cc(C)nc(NCc3cc(CCCN(CCCN(C(=O)OC(C)(C)C)C4CCCCC4)C(=O)OC(C)(C)C)on3)n2)CC1)C(=O)OC(C)(C)C. The molecule has 0 unspecified atom stereocenters. The number of amides is 4. The molecule has 0 radical (unpaired) electrons. The van der Waals surface area contributed by atoms with Crippen LogP contribution in [-0.4, -0.2) is 146 Å². The lowest BCUT2D eigenvalue weighted by Crippen LogP contribution is -2.46. The molecule has 2 aliphatic rings. The van der Waals surface area contributed by atoms with Gasteiger partial charge in [-0.3, -0.25) is 14.5 Å². The quantitative estimate of drug-likeness (QED) is 0.0949. The Kier molecular flexibility index (Phi) is 20.3. The van der Waals surface area contributed by atoms with Gasteiger partial charge in [0, 0.05) is 82.0 Å². The number of anilines is 2. The zero-order valence-electron chi connectivity index (χ0n) is 42.2. The van der Waals surface area contributed by atoms with E-state index in [2.05, 4.69) is 20.8 Å². The van der Waals surface area contributed by atoms with Crippen LogP contribution in [0.5, 0.6) is 0 Å². The molecule has 1 aliphatic carbocycles. The molecular formula is C48H79N9O10. The first kappa shape index (κ1) is 54.2. The van der Waals surface area contributed by atoms with E-state index in [0.29, 0.717) is 94.6 Å². The van der Waals surface area contributed by atoms with Crippen molar-refractivity contribution in [1.82, 2.24) is 34.7 Å². The predicted molar refractivity (Wildman–Crippen MR) is 253 cm³/mol. The smallest absolute Gasteiger partial charge is 0.410 e. The Morgan fingerprint density at radius 1 is 0.761 bits per heavy atom. The summed E-state index contributed by atoms with van der Waals surface area (Å²) < 4.78 is 27.7. The molecule has 19 heteroatoms. The van der Waals surface area contributed by atoms with E-state index in [1.807, 2.05) is 65.5 Å². The first-order chi connectivity index (χ1) is 31.5. The van der Waals surface area contributed by atoms with E-state index in [1.54, 1.807) is 37.5 Å². The minimum atomic E-state index is -0.756.